The Bertz CT molecular complexity index is 398. The molecule has 1 rings (SSSR count). The number of carbonyl (C=O) groups excluding carboxylic acids is 1. The van der Waals surface area contributed by atoms with Crippen LogP contribution in [0.5, 0.6) is 0 Å². The monoisotopic (exact) mass is 264 g/mol. The highest BCUT2D eigenvalue weighted by Crippen LogP contribution is 2.18. The van der Waals surface area contributed by atoms with Gasteiger partial charge in [0.15, 0.2) is 6.29 Å². The molecule has 2 unspecified atom stereocenters. The van der Waals surface area contributed by atoms with Crippen LogP contribution in [0.25, 0.3) is 0 Å². The summed E-state index contributed by atoms with van der Waals surface area (Å²) in [6, 6.07) is 9.50. The van der Waals surface area contributed by atoms with E-state index in [9.17, 15) is 9.90 Å². The van der Waals surface area contributed by atoms with Crippen LogP contribution in [-0.4, -0.2) is 22.9 Å². The number of benzene rings is 1. The number of nitrogens with one attached hydrogen (secondary N) is 1. The number of aliphatic hydroxyl groups is 1. The van der Waals surface area contributed by atoms with Crippen molar-refractivity contribution in [1.29, 1.82) is 0 Å². The zero-order chi connectivity index (χ0) is 14.5. The summed E-state index contributed by atoms with van der Waals surface area (Å²) in [6.07, 6.45) is -0.426. The van der Waals surface area contributed by atoms with Gasteiger partial charge in [0, 0.05) is 12.3 Å². The molecule has 2 N–H and O–H groups in total. The predicted molar refractivity (Wildman–Crippen MR) is 73.2 cm³/mol. The van der Waals surface area contributed by atoms with Gasteiger partial charge in [0.05, 0.1) is 5.60 Å². The van der Waals surface area contributed by atoms with Crippen LogP contribution < -0.4 is 5.73 Å². The normalized spacial score (nSPS) is 14.9. The number of rotatable bonds is 6. The van der Waals surface area contributed by atoms with E-state index < -0.39 is 23.7 Å². The van der Waals surface area contributed by atoms with Crippen molar-refractivity contribution < 1.29 is 14.6 Å². The summed E-state index contributed by atoms with van der Waals surface area (Å²) in [6.45, 7) is 5.51. The number of hydrogen-bond donors (Lipinski definition) is 1. The lowest BCUT2D eigenvalue weighted by Crippen LogP contribution is -2.31. The lowest BCUT2D eigenvalue weighted by Gasteiger charge is -2.25. The highest BCUT2D eigenvalue weighted by Gasteiger charge is 2.24. The SMILES string of the molecule is CC(C)(C)OC(O)CC(Cc1ccccc1)C([NH])=O. The number of hydrogen-bond acceptors (Lipinski definition) is 3. The number of amides is 1. The Morgan fingerprint density at radius 2 is 1.89 bits per heavy atom. The Hall–Kier alpha value is -1.39. The van der Waals surface area contributed by atoms with E-state index in [4.69, 9.17) is 10.5 Å². The first-order chi connectivity index (χ1) is 8.78. The summed E-state index contributed by atoms with van der Waals surface area (Å²) in [4.78, 5) is 11.3. The average Bonchev–Trinajstić information content (AvgIpc) is 2.26. The van der Waals surface area contributed by atoms with Crippen molar-refractivity contribution in [2.24, 2.45) is 5.92 Å². The van der Waals surface area contributed by atoms with E-state index in [0.29, 0.717) is 6.42 Å². The number of carbonyl (C=O) groups is 1. The molecule has 19 heavy (non-hydrogen) atoms. The molecule has 0 heterocycles. The third-order valence-corrected chi connectivity index (χ3v) is 2.67. The van der Waals surface area contributed by atoms with E-state index in [0.717, 1.165) is 5.56 Å². The van der Waals surface area contributed by atoms with Crippen LogP contribution >= 0.6 is 0 Å². The first-order valence-electron chi connectivity index (χ1n) is 6.43. The third-order valence-electron chi connectivity index (χ3n) is 2.67. The van der Waals surface area contributed by atoms with Crippen LogP contribution in [-0.2, 0) is 16.0 Å². The van der Waals surface area contributed by atoms with Crippen LogP contribution in [0.3, 0.4) is 0 Å². The summed E-state index contributed by atoms with van der Waals surface area (Å²) in [7, 11) is 0. The maximum Gasteiger partial charge on any atom is 0.242 e. The van der Waals surface area contributed by atoms with Crippen LogP contribution in [0.2, 0.25) is 0 Å². The minimum absolute atomic E-state index is 0.147. The number of ether oxygens (including phenoxy) is 1. The van der Waals surface area contributed by atoms with Gasteiger partial charge in [-0.05, 0) is 32.8 Å². The average molecular weight is 264 g/mol. The molecular weight excluding hydrogens is 242 g/mol. The minimum Gasteiger partial charge on any atom is -0.368 e. The molecule has 0 fully saturated rings. The molecule has 0 aromatic heterocycles. The van der Waals surface area contributed by atoms with Gasteiger partial charge < -0.3 is 9.84 Å². The van der Waals surface area contributed by atoms with Crippen molar-refractivity contribution >= 4 is 5.91 Å². The van der Waals surface area contributed by atoms with Gasteiger partial charge >= 0.3 is 0 Å². The van der Waals surface area contributed by atoms with Crippen molar-refractivity contribution in [2.45, 2.75) is 45.5 Å². The number of aliphatic hydroxyl groups excluding tert-OH is 1. The van der Waals surface area contributed by atoms with E-state index in [-0.39, 0.29) is 6.42 Å². The summed E-state index contributed by atoms with van der Waals surface area (Å²) in [5.74, 6) is -1.21. The molecule has 1 amide bonds. The molecule has 0 saturated carbocycles. The van der Waals surface area contributed by atoms with E-state index in [2.05, 4.69) is 0 Å². The second kappa shape index (κ2) is 6.68. The molecular formula is C15H22NO3. The molecule has 1 aromatic rings. The first kappa shape index (κ1) is 15.7. The smallest absolute Gasteiger partial charge is 0.242 e. The largest absolute Gasteiger partial charge is 0.368 e. The van der Waals surface area contributed by atoms with Gasteiger partial charge in [0.1, 0.15) is 0 Å². The van der Waals surface area contributed by atoms with Crippen LogP contribution in [0.15, 0.2) is 30.3 Å². The highest BCUT2D eigenvalue weighted by atomic mass is 16.6. The predicted octanol–water partition coefficient (Wildman–Crippen LogP) is 2.18. The molecule has 0 aliphatic carbocycles. The van der Waals surface area contributed by atoms with E-state index in [1.165, 1.54) is 0 Å². The van der Waals surface area contributed by atoms with Crippen LogP contribution in [0.4, 0.5) is 0 Å². The van der Waals surface area contributed by atoms with E-state index in [1.807, 2.05) is 51.1 Å². The fraction of sp³-hybridized carbons (Fsp3) is 0.533. The van der Waals surface area contributed by atoms with Gasteiger partial charge in [-0.15, -0.1) is 0 Å². The van der Waals surface area contributed by atoms with E-state index >= 15 is 0 Å². The maximum atomic E-state index is 11.3. The highest BCUT2D eigenvalue weighted by molar-refractivity contribution is 5.76. The van der Waals surface area contributed by atoms with Gasteiger partial charge in [-0.25, -0.2) is 0 Å². The van der Waals surface area contributed by atoms with Crippen molar-refractivity contribution in [2.75, 3.05) is 0 Å². The van der Waals surface area contributed by atoms with Crippen LogP contribution in [0.1, 0.15) is 32.8 Å². The molecule has 0 spiro atoms. The van der Waals surface area contributed by atoms with Gasteiger partial charge in [-0.3, -0.25) is 10.5 Å². The van der Waals surface area contributed by atoms with Gasteiger partial charge in [-0.2, -0.15) is 0 Å². The molecule has 1 aromatic carbocycles. The van der Waals surface area contributed by atoms with Gasteiger partial charge in [0.2, 0.25) is 5.91 Å². The molecule has 4 nitrogen and oxygen atoms in total. The summed E-state index contributed by atoms with van der Waals surface area (Å²) < 4.78 is 5.38. The lowest BCUT2D eigenvalue weighted by molar-refractivity contribution is -0.175. The Morgan fingerprint density at radius 3 is 2.37 bits per heavy atom. The zero-order valence-electron chi connectivity index (χ0n) is 11.7. The molecule has 2 atom stereocenters. The molecule has 0 aliphatic rings. The molecule has 0 saturated heterocycles. The minimum atomic E-state index is -1.02. The topological polar surface area (TPSA) is 70.3 Å². The Balaban J connectivity index is 2.61. The molecule has 4 heteroatoms. The van der Waals surface area contributed by atoms with Crippen molar-refractivity contribution in [3.63, 3.8) is 0 Å². The Morgan fingerprint density at radius 1 is 1.32 bits per heavy atom. The Kier molecular flexibility index (Phi) is 5.51. The summed E-state index contributed by atoms with van der Waals surface area (Å²) in [5, 5.41) is 9.82. The quantitative estimate of drug-likeness (QED) is 0.800. The second-order valence-electron chi connectivity index (χ2n) is 5.67. The first-order valence-corrected chi connectivity index (χ1v) is 6.43. The molecule has 1 radical (unpaired) electrons. The second-order valence-corrected chi connectivity index (χ2v) is 5.67. The summed E-state index contributed by atoms with van der Waals surface area (Å²) in [5.41, 5.74) is 7.82. The van der Waals surface area contributed by atoms with Crippen molar-refractivity contribution in [1.82, 2.24) is 5.73 Å². The van der Waals surface area contributed by atoms with Crippen molar-refractivity contribution in [3.8, 4) is 0 Å². The van der Waals surface area contributed by atoms with Crippen molar-refractivity contribution in [3.05, 3.63) is 35.9 Å². The molecule has 105 valence electrons. The fourth-order valence-electron chi connectivity index (χ4n) is 1.88. The van der Waals surface area contributed by atoms with E-state index in [1.54, 1.807) is 0 Å². The summed E-state index contributed by atoms with van der Waals surface area (Å²) >= 11 is 0. The Labute approximate surface area is 114 Å². The standard InChI is InChI=1S/C15H22NO3/c1-15(2,3)19-13(17)10-12(14(16)18)9-11-7-5-4-6-8-11/h4-8,12-13,16-17H,9-10H2,1-3H3. The molecule has 0 bridgehead atoms. The maximum absolute atomic E-state index is 11.3. The van der Waals surface area contributed by atoms with Gasteiger partial charge in [-0.1, -0.05) is 30.3 Å². The van der Waals surface area contributed by atoms with Crippen LogP contribution in [0, 0.1) is 5.92 Å². The lowest BCUT2D eigenvalue weighted by atomic mass is 9.95. The molecule has 0 aliphatic heterocycles. The fourth-order valence-corrected chi connectivity index (χ4v) is 1.88. The zero-order valence-corrected chi connectivity index (χ0v) is 11.7. The van der Waals surface area contributed by atoms with Gasteiger partial charge in [0.25, 0.3) is 0 Å². The third kappa shape index (κ3) is 6.36.